The third kappa shape index (κ3) is 27.3. The first-order valence-corrected chi connectivity index (χ1v) is 2.61. The molecule has 0 unspecified atom stereocenters. The van der Waals surface area contributed by atoms with Crippen LogP contribution in [-0.2, 0) is 9.53 Å². The monoisotopic (exact) mass is 148 g/mol. The number of carbonyl (C=O) groups is 1. The summed E-state index contributed by atoms with van der Waals surface area (Å²) in [6.45, 7) is 4.43. The Morgan fingerprint density at radius 1 is 1.70 bits per heavy atom. The van der Waals surface area contributed by atoms with Crippen molar-refractivity contribution in [1.82, 2.24) is 0 Å². The molecule has 0 atom stereocenters. The van der Waals surface area contributed by atoms with E-state index < -0.39 is 12.3 Å². The van der Waals surface area contributed by atoms with E-state index in [2.05, 4.69) is 11.3 Å². The zero-order valence-electron chi connectivity index (χ0n) is 6.07. The molecule has 0 saturated carbocycles. The molecule has 0 aliphatic carbocycles. The van der Waals surface area contributed by atoms with Crippen LogP contribution in [0.15, 0.2) is 12.7 Å². The molecule has 0 heterocycles. The number of hydrogen-bond acceptors (Lipinski definition) is 4. The minimum absolute atomic E-state index is 0.394. The number of aliphatic hydroxyl groups excluding tert-OH is 1. The zero-order chi connectivity index (χ0) is 8.57. The summed E-state index contributed by atoms with van der Waals surface area (Å²) in [7, 11) is 1.31. The molecule has 0 aromatic carbocycles. The van der Waals surface area contributed by atoms with Crippen LogP contribution in [0.5, 0.6) is 0 Å². The highest BCUT2D eigenvalue weighted by atomic mass is 16.5. The second-order valence-electron chi connectivity index (χ2n) is 1.36. The molecule has 0 aromatic rings. The Morgan fingerprint density at radius 2 is 2.00 bits per heavy atom. The second kappa shape index (κ2) is 8.13. The first-order chi connectivity index (χ1) is 4.54. The fourth-order valence-corrected chi connectivity index (χ4v) is 0.0833. The van der Waals surface area contributed by atoms with Crippen LogP contribution in [0, 0.1) is 0 Å². The van der Waals surface area contributed by atoms with Crippen molar-refractivity contribution in [3.05, 3.63) is 12.7 Å². The maximum absolute atomic E-state index is 9.84. The van der Waals surface area contributed by atoms with E-state index in [1.54, 1.807) is 0 Å². The lowest BCUT2D eigenvalue weighted by Crippen LogP contribution is -1.92. The van der Waals surface area contributed by atoms with Crippen molar-refractivity contribution < 1.29 is 19.7 Å². The van der Waals surface area contributed by atoms with Crippen molar-refractivity contribution in [3.63, 3.8) is 0 Å². The molecule has 0 aliphatic rings. The van der Waals surface area contributed by atoms with Crippen LogP contribution < -0.4 is 0 Å². The summed E-state index contributed by atoms with van der Waals surface area (Å²) < 4.78 is 4.14. The Hall–Kier alpha value is -0.870. The molecule has 4 nitrogen and oxygen atoms in total. The van der Waals surface area contributed by atoms with Gasteiger partial charge < -0.3 is 14.9 Å². The highest BCUT2D eigenvalue weighted by Gasteiger charge is 1.81. The van der Waals surface area contributed by atoms with Crippen molar-refractivity contribution in [1.29, 1.82) is 0 Å². The lowest BCUT2D eigenvalue weighted by Gasteiger charge is -1.83. The van der Waals surface area contributed by atoms with Crippen LogP contribution >= 0.6 is 0 Å². The van der Waals surface area contributed by atoms with Gasteiger partial charge >= 0.3 is 5.97 Å². The molecular weight excluding hydrogens is 136 g/mol. The van der Waals surface area contributed by atoms with Gasteiger partial charge in [-0.25, -0.2) is 4.79 Å². The molecule has 2 N–H and O–H groups in total. The van der Waals surface area contributed by atoms with Gasteiger partial charge in [-0.2, -0.15) is 0 Å². The Bertz CT molecular complexity index is 95.2. The predicted molar refractivity (Wildman–Crippen MR) is 36.1 cm³/mol. The maximum Gasteiger partial charge on any atom is 0.329 e. The van der Waals surface area contributed by atoms with Crippen molar-refractivity contribution >= 4 is 5.97 Å². The number of carbonyl (C=O) groups excluding carboxylic acids is 1. The van der Waals surface area contributed by atoms with Gasteiger partial charge in [0, 0.05) is 6.08 Å². The van der Waals surface area contributed by atoms with Gasteiger partial charge in [-0.15, -0.1) is 0 Å². The smallest absolute Gasteiger partial charge is 0.329 e. The van der Waals surface area contributed by atoms with Gasteiger partial charge in [0.25, 0.3) is 0 Å². The van der Waals surface area contributed by atoms with Crippen LogP contribution in [0.1, 0.15) is 6.92 Å². The summed E-state index contributed by atoms with van der Waals surface area (Å²) >= 11 is 0. The number of methoxy groups -OCH3 is 1. The highest BCUT2D eigenvalue weighted by molar-refractivity contribution is 5.80. The third-order valence-electron chi connectivity index (χ3n) is 0.368. The minimum Gasteiger partial charge on any atom is -0.466 e. The van der Waals surface area contributed by atoms with E-state index in [4.69, 9.17) is 10.2 Å². The van der Waals surface area contributed by atoms with Gasteiger partial charge in [-0.05, 0) is 6.92 Å². The molecule has 4 heteroatoms. The molecule has 0 fully saturated rings. The van der Waals surface area contributed by atoms with Gasteiger partial charge in [-0.1, -0.05) is 6.58 Å². The minimum atomic E-state index is -1.17. The topological polar surface area (TPSA) is 66.8 Å². The van der Waals surface area contributed by atoms with Crippen LogP contribution in [-0.4, -0.2) is 29.6 Å². The largest absolute Gasteiger partial charge is 0.466 e. The van der Waals surface area contributed by atoms with Crippen molar-refractivity contribution in [3.8, 4) is 0 Å². The molecular formula is C6H12O4. The van der Waals surface area contributed by atoms with E-state index in [0.29, 0.717) is 0 Å². The molecule has 0 amide bonds. The van der Waals surface area contributed by atoms with E-state index in [1.165, 1.54) is 14.0 Å². The van der Waals surface area contributed by atoms with Crippen LogP contribution in [0.4, 0.5) is 0 Å². The summed E-state index contributed by atoms with van der Waals surface area (Å²) in [6.07, 6.45) is -0.0556. The van der Waals surface area contributed by atoms with Crippen molar-refractivity contribution in [2.24, 2.45) is 0 Å². The molecule has 0 bridgehead atoms. The Kier molecular flexibility index (Phi) is 9.65. The predicted octanol–water partition coefficient (Wildman–Crippen LogP) is -0.338. The molecule has 60 valence electrons. The first-order valence-electron chi connectivity index (χ1n) is 2.61. The Labute approximate surface area is 59.7 Å². The first kappa shape index (κ1) is 11.9. The summed E-state index contributed by atoms with van der Waals surface area (Å²) in [5.41, 5.74) is 0. The normalized spacial score (nSPS) is 7.70. The fraction of sp³-hybridized carbons (Fsp3) is 0.500. The number of rotatable bonds is 1. The molecule has 0 aliphatic heterocycles. The van der Waals surface area contributed by atoms with Gasteiger partial charge in [0.2, 0.25) is 0 Å². The van der Waals surface area contributed by atoms with Crippen molar-refractivity contribution in [2.45, 2.75) is 13.2 Å². The number of hydrogen-bond donors (Lipinski definition) is 2. The van der Waals surface area contributed by atoms with Crippen LogP contribution in [0.3, 0.4) is 0 Å². The van der Waals surface area contributed by atoms with E-state index in [0.717, 1.165) is 6.08 Å². The van der Waals surface area contributed by atoms with E-state index >= 15 is 0 Å². The van der Waals surface area contributed by atoms with Crippen molar-refractivity contribution in [2.75, 3.05) is 7.11 Å². The quantitative estimate of drug-likeness (QED) is 0.303. The molecule has 0 spiro atoms. The lowest BCUT2D eigenvalue weighted by atomic mass is 10.7. The number of ether oxygens (including phenoxy) is 1. The fourth-order valence-electron chi connectivity index (χ4n) is 0.0833. The Balaban J connectivity index is 0. The van der Waals surface area contributed by atoms with E-state index in [-0.39, 0.29) is 0 Å². The van der Waals surface area contributed by atoms with Gasteiger partial charge in [0.05, 0.1) is 7.11 Å². The van der Waals surface area contributed by atoms with Gasteiger partial charge in [-0.3, -0.25) is 0 Å². The van der Waals surface area contributed by atoms with Gasteiger partial charge in [0.1, 0.15) is 6.29 Å². The third-order valence-corrected chi connectivity index (χ3v) is 0.368. The highest BCUT2D eigenvalue weighted by Crippen LogP contribution is 1.67. The number of esters is 1. The summed E-state index contributed by atoms with van der Waals surface area (Å²) in [5.74, 6) is -0.394. The lowest BCUT2D eigenvalue weighted by molar-refractivity contribution is -0.134. The van der Waals surface area contributed by atoms with Crippen LogP contribution in [0.2, 0.25) is 0 Å². The molecule has 0 radical (unpaired) electrons. The number of aliphatic hydroxyl groups is 2. The zero-order valence-corrected chi connectivity index (χ0v) is 6.07. The summed E-state index contributed by atoms with van der Waals surface area (Å²) in [5, 5.41) is 15.2. The second-order valence-corrected chi connectivity index (χ2v) is 1.36. The molecule has 0 aromatic heterocycles. The maximum atomic E-state index is 9.84. The summed E-state index contributed by atoms with van der Waals surface area (Å²) in [6, 6.07) is 0. The summed E-state index contributed by atoms with van der Waals surface area (Å²) in [4.78, 5) is 9.84. The molecule has 0 saturated heterocycles. The SMILES string of the molecule is C=CC(=O)OC.CC(O)O. The Morgan fingerprint density at radius 3 is 2.00 bits per heavy atom. The molecule has 0 rings (SSSR count). The van der Waals surface area contributed by atoms with E-state index in [1.807, 2.05) is 0 Å². The average molecular weight is 148 g/mol. The standard InChI is InChI=1S/C4H6O2.C2H6O2/c1-3-4(5)6-2;1-2(3)4/h3H,1H2,2H3;2-4H,1H3. The van der Waals surface area contributed by atoms with Gasteiger partial charge in [0.15, 0.2) is 0 Å². The average Bonchev–Trinajstić information content (AvgIpc) is 1.85. The molecule has 10 heavy (non-hydrogen) atoms. The van der Waals surface area contributed by atoms with E-state index in [9.17, 15) is 4.79 Å². The van der Waals surface area contributed by atoms with Crippen LogP contribution in [0.25, 0.3) is 0 Å².